The van der Waals surface area contributed by atoms with Gasteiger partial charge in [0.25, 0.3) is 0 Å². The second-order valence-corrected chi connectivity index (χ2v) is 7.74. The van der Waals surface area contributed by atoms with E-state index in [9.17, 15) is 35.5 Å². The van der Waals surface area contributed by atoms with E-state index in [0.29, 0.717) is 0 Å². The standard InChI is InChI=1S/C14H8O8S2.2Ag/c15-13-9-3-1-7(23(17,18)19)5-11(9)14(16)10-4-2-8(6-12(10)13)24(20,21)22;;/h1-6H,(H,17,18,19)(H,20,21,22);;/q;2*+1/p-2. The van der Waals surface area contributed by atoms with Crippen LogP contribution < -0.4 is 0 Å². The molecule has 144 valence electrons. The van der Waals surface area contributed by atoms with Crippen LogP contribution in [-0.2, 0) is 65.0 Å². The molecule has 2 aromatic carbocycles. The molecule has 2 aromatic rings. The maximum Gasteiger partial charge on any atom is 1.00 e. The summed E-state index contributed by atoms with van der Waals surface area (Å²) in [5.74, 6) is -1.50. The fourth-order valence-corrected chi connectivity index (χ4v) is 3.41. The van der Waals surface area contributed by atoms with Crippen molar-refractivity contribution in [1.29, 1.82) is 0 Å². The smallest absolute Gasteiger partial charge is 0.744 e. The number of carbonyl (C=O) groups is 2. The molecule has 0 saturated heterocycles. The van der Waals surface area contributed by atoms with Gasteiger partial charge in [-0.3, -0.25) is 9.59 Å². The van der Waals surface area contributed by atoms with Crippen LogP contribution in [0.25, 0.3) is 0 Å². The van der Waals surface area contributed by atoms with Crippen molar-refractivity contribution in [3.8, 4) is 0 Å². The first-order chi connectivity index (χ1) is 11.0. The molecule has 0 saturated carbocycles. The van der Waals surface area contributed by atoms with Crippen molar-refractivity contribution in [1.82, 2.24) is 0 Å². The SMILES string of the molecule is O=C1c2ccc(S(=O)(=O)[O-])cc2C(=O)c2ccc(S(=O)(=O)[O-])cc21.[Ag+].[Ag+]. The van der Waals surface area contributed by atoms with Crippen LogP contribution in [-0.4, -0.2) is 37.5 Å². The largest absolute Gasteiger partial charge is 1.00 e. The van der Waals surface area contributed by atoms with Crippen molar-refractivity contribution in [3.05, 3.63) is 58.7 Å². The van der Waals surface area contributed by atoms with Gasteiger partial charge in [0.1, 0.15) is 20.2 Å². The summed E-state index contributed by atoms with van der Waals surface area (Å²) < 4.78 is 66.3. The Balaban J connectivity index is 0.00000169. The summed E-state index contributed by atoms with van der Waals surface area (Å²) in [4.78, 5) is 23.5. The Morgan fingerprint density at radius 1 is 0.577 bits per heavy atom. The topological polar surface area (TPSA) is 149 Å². The minimum Gasteiger partial charge on any atom is -0.744 e. The van der Waals surface area contributed by atoms with Crippen molar-refractivity contribution >= 4 is 31.8 Å². The predicted molar refractivity (Wildman–Crippen MR) is 75.7 cm³/mol. The van der Waals surface area contributed by atoms with E-state index in [-0.39, 0.29) is 67.0 Å². The molecule has 0 atom stereocenters. The molecule has 0 N–H and O–H groups in total. The minimum atomic E-state index is -4.81. The van der Waals surface area contributed by atoms with E-state index in [4.69, 9.17) is 0 Å². The zero-order valence-corrected chi connectivity index (χ0v) is 16.7. The molecular formula is C14H6Ag2O8S2. The van der Waals surface area contributed by atoms with Crippen LogP contribution in [0.5, 0.6) is 0 Å². The third kappa shape index (κ3) is 3.99. The molecule has 1 aliphatic rings. The second kappa shape index (κ2) is 7.60. The molecule has 0 fully saturated rings. The maximum absolute atomic E-state index is 12.4. The monoisotopic (exact) mass is 580 g/mol. The van der Waals surface area contributed by atoms with Crippen LogP contribution in [0.4, 0.5) is 0 Å². The van der Waals surface area contributed by atoms with Crippen molar-refractivity contribution in [2.75, 3.05) is 0 Å². The van der Waals surface area contributed by atoms with Crippen molar-refractivity contribution in [3.63, 3.8) is 0 Å². The predicted octanol–water partition coefficient (Wildman–Crippen LogP) is 0.265. The molecule has 0 aromatic heterocycles. The fraction of sp³-hybridized carbons (Fsp3) is 0. The molecular weight excluding hydrogens is 576 g/mol. The molecule has 0 spiro atoms. The molecule has 0 unspecified atom stereocenters. The molecule has 0 amide bonds. The molecule has 3 rings (SSSR count). The summed E-state index contributed by atoms with van der Waals surface area (Å²) in [7, 11) is -9.63. The van der Waals surface area contributed by atoms with Crippen molar-refractivity contribution < 1.29 is 80.3 Å². The summed E-state index contributed by atoms with van der Waals surface area (Å²) >= 11 is 0. The average Bonchev–Trinajstić information content (AvgIpc) is 2.49. The molecule has 12 heteroatoms. The normalized spacial score (nSPS) is 13.2. The third-order valence-electron chi connectivity index (χ3n) is 3.54. The summed E-state index contributed by atoms with van der Waals surface area (Å²) in [5, 5.41) is 0. The Morgan fingerprint density at radius 2 is 0.885 bits per heavy atom. The minimum absolute atomic E-state index is 0. The Labute approximate surface area is 179 Å². The molecule has 0 radical (unpaired) electrons. The van der Waals surface area contributed by atoms with E-state index >= 15 is 0 Å². The fourth-order valence-electron chi connectivity index (χ4n) is 2.42. The molecule has 26 heavy (non-hydrogen) atoms. The van der Waals surface area contributed by atoms with Gasteiger partial charge in [0.05, 0.1) is 9.79 Å². The van der Waals surface area contributed by atoms with Gasteiger partial charge in [-0.05, 0) is 36.4 Å². The van der Waals surface area contributed by atoms with E-state index in [2.05, 4.69) is 0 Å². The molecule has 0 heterocycles. The van der Waals surface area contributed by atoms with Crippen LogP contribution in [0.2, 0.25) is 0 Å². The first-order valence-corrected chi connectivity index (χ1v) is 9.11. The van der Waals surface area contributed by atoms with Crippen LogP contribution in [0.3, 0.4) is 0 Å². The number of benzene rings is 2. The van der Waals surface area contributed by atoms with Crippen molar-refractivity contribution in [2.24, 2.45) is 0 Å². The van der Waals surface area contributed by atoms with Gasteiger partial charge in [0.2, 0.25) is 0 Å². The van der Waals surface area contributed by atoms with Gasteiger partial charge in [0.15, 0.2) is 11.6 Å². The van der Waals surface area contributed by atoms with Gasteiger partial charge in [-0.15, -0.1) is 0 Å². The van der Waals surface area contributed by atoms with Crippen LogP contribution in [0.1, 0.15) is 31.8 Å². The van der Waals surface area contributed by atoms with E-state index in [0.717, 1.165) is 36.4 Å². The summed E-state index contributed by atoms with van der Waals surface area (Å²) in [6.45, 7) is 0. The summed E-state index contributed by atoms with van der Waals surface area (Å²) in [6.07, 6.45) is 0. The molecule has 0 bridgehead atoms. The quantitative estimate of drug-likeness (QED) is 0.309. The Kier molecular flexibility index (Phi) is 6.76. The third-order valence-corrected chi connectivity index (χ3v) is 5.20. The van der Waals surface area contributed by atoms with Crippen LogP contribution in [0.15, 0.2) is 46.2 Å². The Bertz CT molecular complexity index is 1050. The van der Waals surface area contributed by atoms with Gasteiger partial charge < -0.3 is 9.11 Å². The maximum atomic E-state index is 12.4. The van der Waals surface area contributed by atoms with Gasteiger partial charge in [-0.25, -0.2) is 16.8 Å². The average molecular weight is 582 g/mol. The number of carbonyl (C=O) groups excluding carboxylic acids is 2. The summed E-state index contributed by atoms with van der Waals surface area (Å²) in [5.41, 5.74) is -0.912. The zero-order valence-electron chi connectivity index (χ0n) is 12.1. The zero-order chi connectivity index (χ0) is 17.9. The first kappa shape index (κ1) is 23.1. The van der Waals surface area contributed by atoms with Gasteiger partial charge >= 0.3 is 44.8 Å². The number of fused-ring (bicyclic) bond motifs is 2. The van der Waals surface area contributed by atoms with Crippen LogP contribution >= 0.6 is 0 Å². The molecule has 1 aliphatic carbocycles. The van der Waals surface area contributed by atoms with E-state index < -0.39 is 41.6 Å². The molecule has 8 nitrogen and oxygen atoms in total. The van der Waals surface area contributed by atoms with Gasteiger partial charge in [0, 0.05) is 22.3 Å². The molecule has 0 aliphatic heterocycles. The number of hydrogen-bond donors (Lipinski definition) is 0. The Morgan fingerprint density at radius 3 is 1.15 bits per heavy atom. The van der Waals surface area contributed by atoms with Crippen LogP contribution in [0, 0.1) is 0 Å². The van der Waals surface area contributed by atoms with E-state index in [1.807, 2.05) is 0 Å². The first-order valence-electron chi connectivity index (χ1n) is 6.29. The Hall–Kier alpha value is -0.919. The van der Waals surface area contributed by atoms with E-state index in [1.165, 1.54) is 0 Å². The number of ketones is 2. The van der Waals surface area contributed by atoms with Gasteiger partial charge in [-0.1, -0.05) is 0 Å². The number of hydrogen-bond acceptors (Lipinski definition) is 8. The summed E-state index contributed by atoms with van der Waals surface area (Å²) in [6, 6.07) is 5.37. The van der Waals surface area contributed by atoms with Gasteiger partial charge in [-0.2, -0.15) is 0 Å². The van der Waals surface area contributed by atoms with Crippen molar-refractivity contribution in [2.45, 2.75) is 9.79 Å². The number of rotatable bonds is 2. The van der Waals surface area contributed by atoms with E-state index in [1.54, 1.807) is 0 Å². The second-order valence-electron chi connectivity index (χ2n) is 4.98.